The molecular weight excluding hydrogens is 1270 g/mol. The number of carbonyl (C=O) groups excluding carboxylic acids is 4. The molecule has 0 radical (unpaired) electrons. The Labute approximate surface area is 594 Å². The van der Waals surface area contributed by atoms with Crippen LogP contribution in [-0.2, 0) is 65.4 Å². The van der Waals surface area contributed by atoms with Gasteiger partial charge in [-0.2, -0.15) is 0 Å². The molecule has 0 heterocycles. The molecule has 0 aliphatic rings. The molecule has 0 aliphatic carbocycles. The average molecular weight is 1420 g/mol. The molecule has 0 saturated carbocycles. The number of esters is 4. The van der Waals surface area contributed by atoms with E-state index in [0.717, 1.165) is 114 Å². The molecule has 0 fully saturated rings. The lowest BCUT2D eigenvalue weighted by Gasteiger charge is -2.21. The number of unbranched alkanes of at least 4 members (excludes halogenated alkanes) is 41. The summed E-state index contributed by atoms with van der Waals surface area (Å²) in [6.45, 7) is 12.0. The van der Waals surface area contributed by atoms with Gasteiger partial charge in [0.25, 0.3) is 0 Å². The summed E-state index contributed by atoms with van der Waals surface area (Å²) in [5.41, 5.74) is 0. The van der Waals surface area contributed by atoms with Gasteiger partial charge < -0.3 is 33.8 Å². The zero-order chi connectivity index (χ0) is 71.6. The normalized spacial score (nSPS) is 14.9. The van der Waals surface area contributed by atoms with Crippen LogP contribution in [0.4, 0.5) is 0 Å². The Bertz CT molecular complexity index is 1890. The number of aliphatic hydroxyl groups excluding tert-OH is 1. The SMILES string of the molecule is CCCCCCCCCCCCCC(=O)O[C@H](COC(=O)CCCCCCCCC(C)CC)COP(=O)(O)OC[C@H](O)COP(=O)(O)OC[C@@H](COC(=O)CCCCCCCCCCCCC(C)CC)OC(=O)CCCCCCCCCCCCCCCCCCCCC(C)CC. The summed E-state index contributed by atoms with van der Waals surface area (Å²) < 4.78 is 68.5. The summed E-state index contributed by atoms with van der Waals surface area (Å²) in [5, 5.41) is 10.6. The molecule has 0 saturated heterocycles. The van der Waals surface area contributed by atoms with Crippen LogP contribution >= 0.6 is 15.6 Å². The van der Waals surface area contributed by atoms with Crippen molar-refractivity contribution in [3.05, 3.63) is 0 Å². The van der Waals surface area contributed by atoms with E-state index in [0.29, 0.717) is 25.7 Å². The van der Waals surface area contributed by atoms with Gasteiger partial charge in [0.15, 0.2) is 12.2 Å². The second kappa shape index (κ2) is 68.5. The molecule has 0 aromatic heterocycles. The number of carbonyl (C=O) groups is 4. The smallest absolute Gasteiger partial charge is 0.462 e. The fourth-order valence-electron chi connectivity index (χ4n) is 11.9. The summed E-state index contributed by atoms with van der Waals surface area (Å²) in [6.07, 6.45) is 55.4. The summed E-state index contributed by atoms with van der Waals surface area (Å²) in [4.78, 5) is 72.8. The number of phosphoric acid groups is 2. The standard InChI is InChI=1S/C78H152O17P2/c1-8-12-13-14-15-16-25-33-38-47-54-61-77(82)95-74(66-89-76(81)60-53-46-41-40-44-51-58-71(7)11-4)68-93-97(86,87)91-64-72(79)63-90-96(84,85)92-67-73(65-88-75(80)59-52-45-37-32-29-28-31-36-43-50-57-70(6)10-3)94-78(83)62-55-48-39-34-27-24-22-20-18-17-19-21-23-26-30-35-42-49-56-69(5)9-2/h69-74,79H,8-68H2,1-7H3,(H,84,85)(H,86,87)/t69?,70?,71?,72-,73-,74-/m1/s1. The lowest BCUT2D eigenvalue weighted by atomic mass is 9.99. The predicted molar refractivity (Wildman–Crippen MR) is 395 cm³/mol. The van der Waals surface area contributed by atoms with Crippen molar-refractivity contribution in [3.8, 4) is 0 Å². The van der Waals surface area contributed by atoms with E-state index in [4.69, 9.17) is 37.0 Å². The van der Waals surface area contributed by atoms with Gasteiger partial charge >= 0.3 is 39.5 Å². The molecule has 8 atom stereocenters. The van der Waals surface area contributed by atoms with Crippen molar-refractivity contribution in [2.45, 2.75) is 420 Å². The molecule has 0 rings (SSSR count). The highest BCUT2D eigenvalue weighted by atomic mass is 31.2. The van der Waals surface area contributed by atoms with Crippen LogP contribution in [0.5, 0.6) is 0 Å². The van der Waals surface area contributed by atoms with Crippen molar-refractivity contribution in [3.63, 3.8) is 0 Å². The molecule has 0 amide bonds. The lowest BCUT2D eigenvalue weighted by Crippen LogP contribution is -2.30. The van der Waals surface area contributed by atoms with Gasteiger partial charge in [-0.05, 0) is 43.4 Å². The first-order chi connectivity index (χ1) is 46.8. The third-order valence-corrected chi connectivity index (χ3v) is 21.1. The van der Waals surface area contributed by atoms with Gasteiger partial charge in [0, 0.05) is 25.7 Å². The van der Waals surface area contributed by atoms with Crippen LogP contribution in [0.1, 0.15) is 402 Å². The highest BCUT2D eigenvalue weighted by Crippen LogP contribution is 2.45. The van der Waals surface area contributed by atoms with Crippen LogP contribution in [0.3, 0.4) is 0 Å². The lowest BCUT2D eigenvalue weighted by molar-refractivity contribution is -0.161. The first-order valence-electron chi connectivity index (χ1n) is 40.5. The minimum Gasteiger partial charge on any atom is -0.462 e. The highest BCUT2D eigenvalue weighted by molar-refractivity contribution is 7.47. The minimum atomic E-state index is -4.96. The van der Waals surface area contributed by atoms with Crippen molar-refractivity contribution < 1.29 is 80.2 Å². The first kappa shape index (κ1) is 95.1. The fraction of sp³-hybridized carbons (Fsp3) is 0.949. The van der Waals surface area contributed by atoms with Crippen molar-refractivity contribution in [1.29, 1.82) is 0 Å². The number of aliphatic hydroxyl groups is 1. The molecular formula is C78H152O17P2. The van der Waals surface area contributed by atoms with Crippen LogP contribution < -0.4 is 0 Å². The monoisotopic (exact) mass is 1420 g/mol. The summed E-state index contributed by atoms with van der Waals surface area (Å²) in [5.74, 6) is 0.295. The van der Waals surface area contributed by atoms with Crippen molar-refractivity contribution in [2.24, 2.45) is 17.8 Å². The number of ether oxygens (including phenoxy) is 4. The Morgan fingerprint density at radius 2 is 0.495 bits per heavy atom. The molecule has 97 heavy (non-hydrogen) atoms. The molecule has 19 heteroatoms. The largest absolute Gasteiger partial charge is 0.472 e. The Kier molecular flexibility index (Phi) is 67.1. The van der Waals surface area contributed by atoms with E-state index in [2.05, 4.69) is 48.5 Å². The van der Waals surface area contributed by atoms with E-state index in [9.17, 15) is 43.2 Å². The number of rotatable bonds is 76. The quantitative estimate of drug-likeness (QED) is 0.0222. The molecule has 0 aromatic rings. The van der Waals surface area contributed by atoms with Gasteiger partial charge in [0.05, 0.1) is 26.4 Å². The van der Waals surface area contributed by atoms with E-state index in [1.54, 1.807) is 0 Å². The molecule has 17 nitrogen and oxygen atoms in total. The zero-order valence-electron chi connectivity index (χ0n) is 63.5. The van der Waals surface area contributed by atoms with Gasteiger partial charge in [-0.3, -0.25) is 37.3 Å². The fourth-order valence-corrected chi connectivity index (χ4v) is 13.4. The molecule has 0 aliphatic heterocycles. The summed E-state index contributed by atoms with van der Waals surface area (Å²) >= 11 is 0. The van der Waals surface area contributed by atoms with Gasteiger partial charge in [0.1, 0.15) is 19.3 Å². The molecule has 0 spiro atoms. The Balaban J connectivity index is 5.20. The second-order valence-electron chi connectivity index (χ2n) is 28.8. The maximum atomic E-state index is 13.1. The number of phosphoric ester groups is 2. The Morgan fingerprint density at radius 3 is 0.732 bits per heavy atom. The third kappa shape index (κ3) is 68.3. The molecule has 5 unspecified atom stereocenters. The van der Waals surface area contributed by atoms with E-state index in [1.807, 2.05) is 0 Å². The van der Waals surface area contributed by atoms with Crippen LogP contribution in [0.25, 0.3) is 0 Å². The minimum absolute atomic E-state index is 0.106. The highest BCUT2D eigenvalue weighted by Gasteiger charge is 2.30. The van der Waals surface area contributed by atoms with Crippen molar-refractivity contribution >= 4 is 39.5 Å². The number of hydrogen-bond donors (Lipinski definition) is 3. The Hall–Kier alpha value is -1.94. The van der Waals surface area contributed by atoms with Crippen LogP contribution in [0.15, 0.2) is 0 Å². The summed E-state index contributed by atoms with van der Waals surface area (Å²) in [7, 11) is -9.91. The zero-order valence-corrected chi connectivity index (χ0v) is 65.3. The van der Waals surface area contributed by atoms with Crippen molar-refractivity contribution in [2.75, 3.05) is 39.6 Å². The molecule has 576 valence electrons. The molecule has 0 aromatic carbocycles. The van der Waals surface area contributed by atoms with Gasteiger partial charge in [-0.15, -0.1) is 0 Å². The van der Waals surface area contributed by atoms with E-state index >= 15 is 0 Å². The van der Waals surface area contributed by atoms with E-state index in [-0.39, 0.29) is 25.7 Å². The average Bonchev–Trinajstić information content (AvgIpc) is 1.29. The van der Waals surface area contributed by atoms with Gasteiger partial charge in [-0.25, -0.2) is 9.13 Å². The second-order valence-corrected chi connectivity index (χ2v) is 31.7. The number of hydrogen-bond acceptors (Lipinski definition) is 15. The first-order valence-corrected chi connectivity index (χ1v) is 43.5. The van der Waals surface area contributed by atoms with Gasteiger partial charge in [-0.1, -0.05) is 350 Å². The van der Waals surface area contributed by atoms with Crippen LogP contribution in [-0.4, -0.2) is 96.7 Å². The van der Waals surface area contributed by atoms with E-state index < -0.39 is 97.5 Å². The summed E-state index contributed by atoms with van der Waals surface area (Å²) in [6, 6.07) is 0. The van der Waals surface area contributed by atoms with Crippen LogP contribution in [0, 0.1) is 17.8 Å². The predicted octanol–water partition coefficient (Wildman–Crippen LogP) is 23.0. The maximum Gasteiger partial charge on any atom is 0.472 e. The van der Waals surface area contributed by atoms with Crippen LogP contribution in [0.2, 0.25) is 0 Å². The maximum absolute atomic E-state index is 13.1. The topological polar surface area (TPSA) is 237 Å². The molecule has 3 N–H and O–H groups in total. The molecule has 0 bridgehead atoms. The van der Waals surface area contributed by atoms with Crippen molar-refractivity contribution in [1.82, 2.24) is 0 Å². The van der Waals surface area contributed by atoms with E-state index in [1.165, 1.54) is 205 Å². The third-order valence-electron chi connectivity index (χ3n) is 19.2. The Morgan fingerprint density at radius 1 is 0.289 bits per heavy atom. The van der Waals surface area contributed by atoms with Gasteiger partial charge in [0.2, 0.25) is 0 Å².